The lowest BCUT2D eigenvalue weighted by molar-refractivity contribution is 0.399. The largest absolute Gasteiger partial charge is 0.496 e. The minimum Gasteiger partial charge on any atom is -0.496 e. The van der Waals surface area contributed by atoms with E-state index in [1.165, 1.54) is 5.56 Å². The molecule has 3 heteroatoms. The topological polar surface area (TPSA) is 35.2 Å². The van der Waals surface area contributed by atoms with E-state index in [4.69, 9.17) is 22.1 Å². The van der Waals surface area contributed by atoms with Crippen molar-refractivity contribution in [3.63, 3.8) is 0 Å². The molecule has 0 saturated heterocycles. The molecule has 0 aliphatic rings. The van der Waals surface area contributed by atoms with Crippen molar-refractivity contribution in [3.05, 3.63) is 64.2 Å². The molecule has 2 nitrogen and oxygen atoms in total. The zero-order valence-corrected chi connectivity index (χ0v) is 12.9. The van der Waals surface area contributed by atoms with E-state index in [1.54, 1.807) is 7.11 Å². The first-order valence-electron chi connectivity index (χ1n) is 6.61. The van der Waals surface area contributed by atoms with Crippen LogP contribution >= 0.6 is 11.6 Å². The summed E-state index contributed by atoms with van der Waals surface area (Å²) >= 11 is 6.06. The third-order valence-electron chi connectivity index (χ3n) is 3.48. The van der Waals surface area contributed by atoms with Gasteiger partial charge in [-0.1, -0.05) is 41.4 Å². The molecule has 2 aromatic carbocycles. The Morgan fingerprint density at radius 1 is 1.20 bits per heavy atom. The maximum atomic E-state index is 6.50. The Bertz CT molecular complexity index is 608. The highest BCUT2D eigenvalue weighted by Gasteiger charge is 2.23. The van der Waals surface area contributed by atoms with Gasteiger partial charge in [0.2, 0.25) is 0 Å². The van der Waals surface area contributed by atoms with E-state index in [-0.39, 0.29) is 0 Å². The smallest absolute Gasteiger partial charge is 0.122 e. The van der Waals surface area contributed by atoms with E-state index in [1.807, 2.05) is 43.3 Å². The molecule has 0 heterocycles. The number of rotatable bonds is 4. The molecule has 0 fully saturated rings. The van der Waals surface area contributed by atoms with Gasteiger partial charge >= 0.3 is 0 Å². The van der Waals surface area contributed by atoms with E-state index in [2.05, 4.69) is 13.0 Å². The fraction of sp³-hybridized carbons (Fsp3) is 0.294. The summed E-state index contributed by atoms with van der Waals surface area (Å²) in [6.07, 6.45) is 0.693. The fourth-order valence-electron chi connectivity index (χ4n) is 2.39. The van der Waals surface area contributed by atoms with E-state index in [0.717, 1.165) is 16.9 Å². The van der Waals surface area contributed by atoms with Crippen LogP contribution in [-0.2, 0) is 12.0 Å². The third kappa shape index (κ3) is 3.33. The highest BCUT2D eigenvalue weighted by molar-refractivity contribution is 6.30. The monoisotopic (exact) mass is 289 g/mol. The van der Waals surface area contributed by atoms with E-state index < -0.39 is 5.54 Å². The predicted octanol–water partition coefficient (Wildman–Crippen LogP) is 4.07. The summed E-state index contributed by atoms with van der Waals surface area (Å²) in [5.74, 6) is 0.870. The third-order valence-corrected chi connectivity index (χ3v) is 3.71. The molecule has 2 N–H and O–H groups in total. The van der Waals surface area contributed by atoms with E-state index in [9.17, 15) is 0 Å². The van der Waals surface area contributed by atoms with Crippen LogP contribution in [0.15, 0.2) is 42.5 Å². The Kier molecular flexibility index (Phi) is 4.36. The molecule has 2 rings (SSSR count). The van der Waals surface area contributed by atoms with Crippen molar-refractivity contribution < 1.29 is 4.74 Å². The van der Waals surface area contributed by atoms with Crippen LogP contribution in [0.4, 0.5) is 0 Å². The summed E-state index contributed by atoms with van der Waals surface area (Å²) in [5, 5.41) is 0.704. The number of halogens is 1. The van der Waals surface area contributed by atoms with Crippen molar-refractivity contribution in [3.8, 4) is 5.75 Å². The maximum absolute atomic E-state index is 6.50. The van der Waals surface area contributed by atoms with Gasteiger partial charge in [0.25, 0.3) is 0 Å². The Labute approximate surface area is 125 Å². The minimum absolute atomic E-state index is 0.494. The summed E-state index contributed by atoms with van der Waals surface area (Å²) in [6.45, 7) is 4.08. The summed E-state index contributed by atoms with van der Waals surface area (Å²) in [7, 11) is 1.68. The normalized spacial score (nSPS) is 13.8. The standard InChI is InChI=1S/C17H20ClNO/c1-12-7-8-16(20-3)13(9-12)11-17(2,19)14-5-4-6-15(18)10-14/h4-10H,11,19H2,1-3H3. The van der Waals surface area contributed by atoms with Gasteiger partial charge in [0, 0.05) is 10.6 Å². The number of ether oxygens (including phenoxy) is 1. The predicted molar refractivity (Wildman–Crippen MR) is 84.4 cm³/mol. The van der Waals surface area contributed by atoms with Gasteiger partial charge in [0.15, 0.2) is 0 Å². The average Bonchev–Trinajstić information content (AvgIpc) is 2.38. The van der Waals surface area contributed by atoms with Gasteiger partial charge in [-0.3, -0.25) is 0 Å². The SMILES string of the molecule is COc1ccc(C)cc1CC(C)(N)c1cccc(Cl)c1. The number of methoxy groups -OCH3 is 1. The van der Waals surface area contributed by atoms with Crippen molar-refractivity contribution in [2.75, 3.05) is 7.11 Å². The van der Waals surface area contributed by atoms with Gasteiger partial charge in [0.05, 0.1) is 7.11 Å². The van der Waals surface area contributed by atoms with Gasteiger partial charge in [0.1, 0.15) is 5.75 Å². The Balaban J connectivity index is 2.35. The molecule has 0 aromatic heterocycles. The molecule has 20 heavy (non-hydrogen) atoms. The molecule has 0 spiro atoms. The number of nitrogens with two attached hydrogens (primary N) is 1. The summed E-state index contributed by atoms with van der Waals surface area (Å²) in [5.41, 5.74) is 9.33. The quantitative estimate of drug-likeness (QED) is 0.921. The van der Waals surface area contributed by atoms with E-state index in [0.29, 0.717) is 11.4 Å². The first-order valence-corrected chi connectivity index (χ1v) is 6.98. The highest BCUT2D eigenvalue weighted by atomic mass is 35.5. The summed E-state index contributed by atoms with van der Waals surface area (Å²) < 4.78 is 5.42. The number of aryl methyl sites for hydroxylation is 1. The molecule has 1 unspecified atom stereocenters. The lowest BCUT2D eigenvalue weighted by Gasteiger charge is -2.26. The molecule has 106 valence electrons. The minimum atomic E-state index is -0.494. The van der Waals surface area contributed by atoms with Crippen molar-refractivity contribution in [1.29, 1.82) is 0 Å². The van der Waals surface area contributed by atoms with Crippen molar-refractivity contribution >= 4 is 11.6 Å². The van der Waals surface area contributed by atoms with Crippen LogP contribution in [0.1, 0.15) is 23.6 Å². The lowest BCUT2D eigenvalue weighted by atomic mass is 9.86. The Morgan fingerprint density at radius 2 is 1.95 bits per heavy atom. The second kappa shape index (κ2) is 5.86. The molecule has 0 radical (unpaired) electrons. The maximum Gasteiger partial charge on any atom is 0.122 e. The van der Waals surface area contributed by atoms with Crippen molar-refractivity contribution in [2.45, 2.75) is 25.8 Å². The highest BCUT2D eigenvalue weighted by Crippen LogP contribution is 2.29. The zero-order valence-electron chi connectivity index (χ0n) is 12.1. The van der Waals surface area contributed by atoms with Crippen LogP contribution < -0.4 is 10.5 Å². The number of hydrogen-bond donors (Lipinski definition) is 1. The summed E-state index contributed by atoms with van der Waals surface area (Å²) in [4.78, 5) is 0. The molecule has 1 atom stereocenters. The molecule has 2 aromatic rings. The van der Waals surface area contributed by atoms with Crippen LogP contribution in [0.25, 0.3) is 0 Å². The van der Waals surface area contributed by atoms with Crippen LogP contribution in [0.2, 0.25) is 5.02 Å². The van der Waals surface area contributed by atoms with Crippen molar-refractivity contribution in [1.82, 2.24) is 0 Å². The van der Waals surface area contributed by atoms with Gasteiger partial charge in [-0.2, -0.15) is 0 Å². The van der Waals surface area contributed by atoms with Gasteiger partial charge in [-0.05, 0) is 49.6 Å². The van der Waals surface area contributed by atoms with Gasteiger partial charge < -0.3 is 10.5 Å². The second-order valence-corrected chi connectivity index (χ2v) is 5.86. The zero-order chi connectivity index (χ0) is 14.8. The molecule has 0 aliphatic carbocycles. The molecule has 0 aliphatic heterocycles. The second-order valence-electron chi connectivity index (χ2n) is 5.42. The lowest BCUT2D eigenvalue weighted by Crippen LogP contribution is -2.35. The van der Waals surface area contributed by atoms with Gasteiger partial charge in [-0.25, -0.2) is 0 Å². The van der Waals surface area contributed by atoms with Crippen LogP contribution in [0.3, 0.4) is 0 Å². The molecule has 0 amide bonds. The van der Waals surface area contributed by atoms with Gasteiger partial charge in [-0.15, -0.1) is 0 Å². The van der Waals surface area contributed by atoms with E-state index >= 15 is 0 Å². The number of benzene rings is 2. The van der Waals surface area contributed by atoms with Crippen LogP contribution in [0.5, 0.6) is 5.75 Å². The van der Waals surface area contributed by atoms with Crippen molar-refractivity contribution in [2.24, 2.45) is 5.73 Å². The average molecular weight is 290 g/mol. The molecular formula is C17H20ClNO. The Hall–Kier alpha value is -1.51. The Morgan fingerprint density at radius 3 is 2.60 bits per heavy atom. The molecule has 0 bridgehead atoms. The number of hydrogen-bond acceptors (Lipinski definition) is 2. The van der Waals surface area contributed by atoms with Crippen LogP contribution in [0, 0.1) is 6.92 Å². The first kappa shape index (κ1) is 14.9. The first-order chi connectivity index (χ1) is 9.42. The van der Waals surface area contributed by atoms with Crippen LogP contribution in [-0.4, -0.2) is 7.11 Å². The molecular weight excluding hydrogens is 270 g/mol. The summed E-state index contributed by atoms with van der Waals surface area (Å²) in [6, 6.07) is 13.9. The fourth-order valence-corrected chi connectivity index (χ4v) is 2.58. The molecule has 0 saturated carbocycles.